The Morgan fingerprint density at radius 3 is 2.20 bits per heavy atom. The summed E-state index contributed by atoms with van der Waals surface area (Å²) in [4.78, 5) is 10.8. The van der Waals surface area contributed by atoms with Crippen LogP contribution in [0.4, 0.5) is 0 Å². The average molecular weight is 140 g/mol. The highest BCUT2D eigenvalue weighted by Gasteiger charge is 2.35. The maximum Gasteiger partial charge on any atom is 0.130 e. The van der Waals surface area contributed by atoms with Crippen molar-refractivity contribution in [1.82, 2.24) is 0 Å². The van der Waals surface area contributed by atoms with E-state index in [0.29, 0.717) is 11.2 Å². The third-order valence-electron chi connectivity index (χ3n) is 2.79. The molecule has 58 valence electrons. The monoisotopic (exact) mass is 140 g/mol. The van der Waals surface area contributed by atoms with Crippen LogP contribution in [0.2, 0.25) is 0 Å². The van der Waals surface area contributed by atoms with Crippen molar-refractivity contribution in [2.75, 3.05) is 0 Å². The molecule has 0 aromatic rings. The van der Waals surface area contributed by atoms with E-state index in [2.05, 4.69) is 6.92 Å². The summed E-state index contributed by atoms with van der Waals surface area (Å²) in [5.74, 6) is 0.363. The van der Waals surface area contributed by atoms with Crippen molar-refractivity contribution < 1.29 is 4.79 Å². The van der Waals surface area contributed by atoms with Crippen molar-refractivity contribution in [2.24, 2.45) is 5.41 Å². The predicted molar refractivity (Wildman–Crippen MR) is 41.9 cm³/mol. The van der Waals surface area contributed by atoms with Gasteiger partial charge < -0.3 is 4.79 Å². The van der Waals surface area contributed by atoms with Crippen LogP contribution in [0.25, 0.3) is 0 Å². The Bertz CT molecular complexity index is 128. The number of ketones is 1. The van der Waals surface area contributed by atoms with Crippen LogP contribution in [0.1, 0.15) is 46.0 Å². The number of carbonyl (C=O) groups excluding carboxylic acids is 1. The van der Waals surface area contributed by atoms with Gasteiger partial charge in [-0.25, -0.2) is 0 Å². The molecule has 0 unspecified atom stereocenters. The molecule has 1 saturated carbocycles. The van der Waals surface area contributed by atoms with E-state index in [1.54, 1.807) is 6.92 Å². The Kier molecular flexibility index (Phi) is 2.12. The fourth-order valence-electron chi connectivity index (χ4n) is 1.86. The van der Waals surface area contributed by atoms with Crippen molar-refractivity contribution in [1.29, 1.82) is 0 Å². The summed E-state index contributed by atoms with van der Waals surface area (Å²) in [6, 6.07) is 0. The van der Waals surface area contributed by atoms with Gasteiger partial charge >= 0.3 is 0 Å². The molecule has 0 aromatic carbocycles. The second-order valence-corrected chi connectivity index (χ2v) is 3.59. The van der Waals surface area contributed by atoms with E-state index in [0.717, 1.165) is 6.42 Å². The fourth-order valence-corrected chi connectivity index (χ4v) is 1.86. The summed E-state index contributed by atoms with van der Waals surface area (Å²) < 4.78 is 0. The lowest BCUT2D eigenvalue weighted by molar-refractivity contribution is -0.120. The van der Waals surface area contributed by atoms with Crippen LogP contribution in [0.3, 0.4) is 0 Å². The first-order valence-corrected chi connectivity index (χ1v) is 4.18. The molecule has 0 bridgehead atoms. The van der Waals surface area contributed by atoms with Gasteiger partial charge in [0.1, 0.15) is 5.78 Å². The number of hydrogen-bond donors (Lipinski definition) is 0. The van der Waals surface area contributed by atoms with E-state index in [4.69, 9.17) is 0 Å². The summed E-state index contributed by atoms with van der Waals surface area (Å²) in [5.41, 5.74) is 0.436. The highest BCUT2D eigenvalue weighted by molar-refractivity contribution is 5.76. The lowest BCUT2D eigenvalue weighted by Gasteiger charge is -2.40. The Morgan fingerprint density at radius 1 is 1.50 bits per heavy atom. The van der Waals surface area contributed by atoms with Crippen LogP contribution >= 0.6 is 0 Å². The van der Waals surface area contributed by atoms with Crippen LogP contribution in [0.15, 0.2) is 0 Å². The van der Waals surface area contributed by atoms with Gasteiger partial charge in [0.25, 0.3) is 0 Å². The highest BCUT2D eigenvalue weighted by atomic mass is 16.1. The average Bonchev–Trinajstić information content (AvgIpc) is 1.78. The van der Waals surface area contributed by atoms with Crippen LogP contribution in [0, 0.1) is 5.41 Å². The quantitative estimate of drug-likeness (QED) is 0.588. The zero-order valence-electron chi connectivity index (χ0n) is 6.94. The number of rotatable bonds is 3. The zero-order valence-corrected chi connectivity index (χ0v) is 6.94. The van der Waals surface area contributed by atoms with Crippen molar-refractivity contribution in [3.63, 3.8) is 0 Å². The summed E-state index contributed by atoms with van der Waals surface area (Å²) in [6.45, 7) is 3.90. The van der Waals surface area contributed by atoms with Gasteiger partial charge in [0.15, 0.2) is 0 Å². The van der Waals surface area contributed by atoms with Gasteiger partial charge in [0.05, 0.1) is 0 Å². The van der Waals surface area contributed by atoms with E-state index >= 15 is 0 Å². The fraction of sp³-hybridized carbons (Fsp3) is 0.889. The van der Waals surface area contributed by atoms with E-state index < -0.39 is 0 Å². The maximum absolute atomic E-state index is 10.8. The molecule has 1 fully saturated rings. The molecule has 0 amide bonds. The van der Waals surface area contributed by atoms with Crippen LogP contribution in [0.5, 0.6) is 0 Å². The third-order valence-corrected chi connectivity index (χ3v) is 2.79. The molecule has 0 radical (unpaired) electrons. The van der Waals surface area contributed by atoms with E-state index in [1.165, 1.54) is 25.7 Å². The summed E-state index contributed by atoms with van der Waals surface area (Å²) in [7, 11) is 0. The third kappa shape index (κ3) is 1.39. The molecule has 0 spiro atoms. The van der Waals surface area contributed by atoms with Gasteiger partial charge in [-0.1, -0.05) is 19.8 Å². The van der Waals surface area contributed by atoms with Crippen molar-refractivity contribution in [2.45, 2.75) is 46.0 Å². The van der Waals surface area contributed by atoms with Gasteiger partial charge in [-0.05, 0) is 25.2 Å². The molecule has 1 rings (SSSR count). The van der Waals surface area contributed by atoms with Crippen LogP contribution < -0.4 is 0 Å². The highest BCUT2D eigenvalue weighted by Crippen LogP contribution is 2.46. The minimum atomic E-state index is 0.363. The molecule has 1 aliphatic carbocycles. The van der Waals surface area contributed by atoms with Crippen LogP contribution in [-0.2, 0) is 4.79 Å². The molecular formula is C9H16O. The van der Waals surface area contributed by atoms with Gasteiger partial charge in [-0.15, -0.1) is 0 Å². The molecule has 1 aliphatic rings. The first-order chi connectivity index (χ1) is 4.68. The normalized spacial score (nSPS) is 21.8. The lowest BCUT2D eigenvalue weighted by atomic mass is 9.64. The standard InChI is InChI=1S/C9H16O/c1-3-9(5-4-6-9)7-8(2)10/h3-7H2,1-2H3. The van der Waals surface area contributed by atoms with E-state index in [1.807, 2.05) is 0 Å². The first-order valence-electron chi connectivity index (χ1n) is 4.18. The molecule has 10 heavy (non-hydrogen) atoms. The molecule has 0 N–H and O–H groups in total. The maximum atomic E-state index is 10.8. The van der Waals surface area contributed by atoms with Gasteiger partial charge in [-0.3, -0.25) is 0 Å². The van der Waals surface area contributed by atoms with Crippen molar-refractivity contribution >= 4 is 5.78 Å². The van der Waals surface area contributed by atoms with Gasteiger partial charge in [-0.2, -0.15) is 0 Å². The summed E-state index contributed by atoms with van der Waals surface area (Å²) in [6.07, 6.45) is 5.91. The summed E-state index contributed by atoms with van der Waals surface area (Å²) >= 11 is 0. The van der Waals surface area contributed by atoms with E-state index in [9.17, 15) is 4.79 Å². The molecule has 0 atom stereocenters. The molecule has 0 heterocycles. The lowest BCUT2D eigenvalue weighted by Crippen LogP contribution is -2.30. The van der Waals surface area contributed by atoms with E-state index in [-0.39, 0.29) is 0 Å². The second-order valence-electron chi connectivity index (χ2n) is 3.59. The molecule has 0 aliphatic heterocycles. The number of hydrogen-bond acceptors (Lipinski definition) is 1. The minimum Gasteiger partial charge on any atom is -0.300 e. The second kappa shape index (κ2) is 2.73. The Morgan fingerprint density at radius 2 is 2.10 bits per heavy atom. The Balaban J connectivity index is 2.40. The largest absolute Gasteiger partial charge is 0.300 e. The molecule has 0 aromatic heterocycles. The number of Topliss-reactive ketones (excluding diaryl/α,β-unsaturated/α-hetero) is 1. The Hall–Kier alpha value is -0.330. The zero-order chi connectivity index (χ0) is 7.61. The molecular weight excluding hydrogens is 124 g/mol. The molecule has 1 nitrogen and oxygen atoms in total. The smallest absolute Gasteiger partial charge is 0.130 e. The molecule has 0 saturated heterocycles. The van der Waals surface area contributed by atoms with Crippen LogP contribution in [-0.4, -0.2) is 5.78 Å². The van der Waals surface area contributed by atoms with Gasteiger partial charge in [0, 0.05) is 6.42 Å². The predicted octanol–water partition coefficient (Wildman–Crippen LogP) is 2.55. The molecule has 1 heteroatoms. The number of carbonyl (C=O) groups is 1. The Labute approximate surface area is 62.8 Å². The SMILES string of the molecule is CCC1(CC(C)=O)CCC1. The van der Waals surface area contributed by atoms with Crippen molar-refractivity contribution in [3.8, 4) is 0 Å². The van der Waals surface area contributed by atoms with Crippen molar-refractivity contribution in [3.05, 3.63) is 0 Å². The summed E-state index contributed by atoms with van der Waals surface area (Å²) in [5, 5.41) is 0. The topological polar surface area (TPSA) is 17.1 Å². The minimum absolute atomic E-state index is 0.363. The van der Waals surface area contributed by atoms with Gasteiger partial charge in [0.2, 0.25) is 0 Å². The first kappa shape index (κ1) is 7.77.